The molecule has 1 saturated carbocycles. The average molecular weight is 450 g/mol. The number of ketones is 1. The highest BCUT2D eigenvalue weighted by molar-refractivity contribution is 5.98. The van der Waals surface area contributed by atoms with E-state index in [1.54, 1.807) is 26.8 Å². The summed E-state index contributed by atoms with van der Waals surface area (Å²) < 4.78 is 5.35. The lowest BCUT2D eigenvalue weighted by molar-refractivity contribution is -0.142. The first kappa shape index (κ1) is 25.9. The molecule has 1 heterocycles. The monoisotopic (exact) mass is 449 g/mol. The Labute approximate surface area is 191 Å². The van der Waals surface area contributed by atoms with Gasteiger partial charge in [0, 0.05) is 12.5 Å². The summed E-state index contributed by atoms with van der Waals surface area (Å²) >= 11 is 0. The number of hydrogen-bond donors (Lipinski definition) is 2. The molecular formula is C24H39N3O5. The summed E-state index contributed by atoms with van der Waals surface area (Å²) in [4.78, 5) is 52.9. The van der Waals surface area contributed by atoms with Crippen molar-refractivity contribution in [1.29, 1.82) is 0 Å². The number of carbonyl (C=O) groups excluding carboxylic acids is 4. The van der Waals surface area contributed by atoms with E-state index in [4.69, 9.17) is 4.74 Å². The van der Waals surface area contributed by atoms with Crippen LogP contribution in [0.3, 0.4) is 0 Å². The van der Waals surface area contributed by atoms with Gasteiger partial charge in [0.2, 0.25) is 11.8 Å². The second kappa shape index (κ2) is 8.87. The molecule has 0 aromatic heterocycles. The summed E-state index contributed by atoms with van der Waals surface area (Å²) in [6.07, 6.45) is 2.02. The first-order chi connectivity index (χ1) is 14.5. The maximum absolute atomic E-state index is 13.6. The van der Waals surface area contributed by atoms with E-state index < -0.39 is 34.7 Å². The Morgan fingerprint density at radius 1 is 1.16 bits per heavy atom. The number of amides is 3. The van der Waals surface area contributed by atoms with E-state index >= 15 is 0 Å². The molecule has 1 saturated heterocycles. The number of nitrogens with zero attached hydrogens (tertiary/aromatic N) is 1. The van der Waals surface area contributed by atoms with Gasteiger partial charge in [-0.1, -0.05) is 33.8 Å². The van der Waals surface area contributed by atoms with Crippen LogP contribution in [-0.2, 0) is 19.1 Å². The quantitative estimate of drug-likeness (QED) is 0.607. The lowest BCUT2D eigenvalue weighted by atomic mass is 9.85. The van der Waals surface area contributed by atoms with Crippen LogP contribution in [0.4, 0.5) is 4.79 Å². The Morgan fingerprint density at radius 2 is 1.75 bits per heavy atom. The van der Waals surface area contributed by atoms with E-state index in [2.05, 4.69) is 17.2 Å². The van der Waals surface area contributed by atoms with Crippen molar-refractivity contribution in [3.63, 3.8) is 0 Å². The van der Waals surface area contributed by atoms with Crippen molar-refractivity contribution in [2.45, 2.75) is 91.5 Å². The molecule has 5 atom stereocenters. The van der Waals surface area contributed by atoms with Gasteiger partial charge in [0.05, 0.1) is 0 Å². The van der Waals surface area contributed by atoms with Crippen molar-refractivity contribution in [3.8, 4) is 0 Å². The number of alkyl carbamates (subject to hydrolysis) is 1. The van der Waals surface area contributed by atoms with Gasteiger partial charge in [-0.2, -0.15) is 0 Å². The molecule has 32 heavy (non-hydrogen) atoms. The summed E-state index contributed by atoms with van der Waals surface area (Å²) in [5.41, 5.74) is -2.23. The average Bonchev–Trinajstić information content (AvgIpc) is 3.20. The van der Waals surface area contributed by atoms with Crippen molar-refractivity contribution in [2.24, 2.45) is 17.3 Å². The first-order valence-corrected chi connectivity index (χ1v) is 11.3. The molecule has 0 aromatic rings. The van der Waals surface area contributed by atoms with Crippen LogP contribution in [0.5, 0.6) is 0 Å². The largest absolute Gasteiger partial charge is 0.444 e. The maximum atomic E-state index is 13.6. The molecule has 8 heteroatoms. The van der Waals surface area contributed by atoms with Crippen LogP contribution in [-0.4, -0.2) is 58.4 Å². The van der Waals surface area contributed by atoms with Crippen LogP contribution < -0.4 is 10.6 Å². The molecule has 0 bridgehead atoms. The van der Waals surface area contributed by atoms with E-state index in [0.29, 0.717) is 19.4 Å². The Morgan fingerprint density at radius 3 is 2.19 bits per heavy atom. The molecule has 8 nitrogen and oxygen atoms in total. The van der Waals surface area contributed by atoms with Crippen molar-refractivity contribution in [2.75, 3.05) is 6.54 Å². The van der Waals surface area contributed by atoms with Gasteiger partial charge < -0.3 is 20.3 Å². The Hall–Kier alpha value is -2.38. The summed E-state index contributed by atoms with van der Waals surface area (Å²) in [5.74, 6) is -0.769. The topological polar surface area (TPSA) is 105 Å². The fourth-order valence-corrected chi connectivity index (χ4v) is 4.29. The van der Waals surface area contributed by atoms with Crippen molar-refractivity contribution < 1.29 is 23.9 Å². The van der Waals surface area contributed by atoms with E-state index in [1.165, 1.54) is 11.8 Å². The molecule has 2 aliphatic rings. The van der Waals surface area contributed by atoms with Crippen molar-refractivity contribution in [3.05, 3.63) is 12.7 Å². The van der Waals surface area contributed by atoms with Crippen LogP contribution in [0.1, 0.15) is 68.2 Å². The highest BCUT2D eigenvalue weighted by atomic mass is 16.6. The highest BCUT2D eigenvalue weighted by Gasteiger charge is 2.58. The number of carbonyl (C=O) groups is 4. The zero-order chi connectivity index (χ0) is 24.6. The standard InChI is InChI=1S/C24H39N3O5/c1-10-16-12-24(16,15(3)28)26-19(29)17-11-14(2)13-27(17)20(30)18(22(4,5)6)25-21(31)32-23(7,8)9/h10,14,16-18H,1,11-13H2,2-9H3,(H,25,31)(H,26,29)/t14-,16-,17+,18-,24+/m1/s1. The summed E-state index contributed by atoms with van der Waals surface area (Å²) in [5, 5.41) is 5.61. The van der Waals surface area contributed by atoms with E-state index in [0.717, 1.165) is 0 Å². The minimum absolute atomic E-state index is 0.0944. The minimum Gasteiger partial charge on any atom is -0.444 e. The van der Waals surface area contributed by atoms with Crippen molar-refractivity contribution >= 4 is 23.7 Å². The van der Waals surface area contributed by atoms with Gasteiger partial charge in [-0.25, -0.2) is 4.79 Å². The fraction of sp³-hybridized carbons (Fsp3) is 0.750. The Balaban J connectivity index is 2.22. The zero-order valence-electron chi connectivity index (χ0n) is 20.7. The molecule has 2 N–H and O–H groups in total. The van der Waals surface area contributed by atoms with E-state index in [9.17, 15) is 19.2 Å². The van der Waals surface area contributed by atoms with E-state index in [-0.39, 0.29) is 29.4 Å². The summed E-state index contributed by atoms with van der Waals surface area (Å²) in [7, 11) is 0. The lowest BCUT2D eigenvalue weighted by Crippen LogP contribution is -2.59. The van der Waals surface area contributed by atoms with E-state index in [1.807, 2.05) is 27.7 Å². The zero-order valence-corrected chi connectivity index (χ0v) is 20.7. The van der Waals surface area contributed by atoms with Gasteiger partial charge in [0.1, 0.15) is 23.2 Å². The maximum Gasteiger partial charge on any atom is 0.408 e. The van der Waals surface area contributed by atoms with Crippen LogP contribution in [0.15, 0.2) is 12.7 Å². The summed E-state index contributed by atoms with van der Waals surface area (Å²) in [6.45, 7) is 18.4. The fourth-order valence-electron chi connectivity index (χ4n) is 4.29. The smallest absolute Gasteiger partial charge is 0.408 e. The van der Waals surface area contributed by atoms with Crippen LogP contribution >= 0.6 is 0 Å². The Bertz CT molecular complexity index is 794. The Kier molecular flexibility index (Phi) is 7.17. The second-order valence-corrected chi connectivity index (χ2v) is 11.4. The number of hydrogen-bond acceptors (Lipinski definition) is 5. The molecule has 0 spiro atoms. The lowest BCUT2D eigenvalue weighted by Gasteiger charge is -2.36. The molecule has 3 amide bonds. The number of nitrogens with one attached hydrogen (secondary N) is 2. The first-order valence-electron chi connectivity index (χ1n) is 11.3. The molecule has 1 aliphatic carbocycles. The molecule has 1 aliphatic heterocycles. The van der Waals surface area contributed by atoms with Gasteiger partial charge in [-0.3, -0.25) is 14.4 Å². The van der Waals surface area contributed by atoms with Crippen LogP contribution in [0, 0.1) is 17.3 Å². The van der Waals surface area contributed by atoms with Gasteiger partial charge >= 0.3 is 6.09 Å². The van der Waals surface area contributed by atoms with Crippen LogP contribution in [0.2, 0.25) is 0 Å². The number of rotatable bonds is 6. The normalized spacial score (nSPS) is 28.5. The third kappa shape index (κ3) is 5.70. The number of ether oxygens (including phenoxy) is 1. The predicted molar refractivity (Wildman–Crippen MR) is 122 cm³/mol. The molecule has 180 valence electrons. The van der Waals surface area contributed by atoms with Gasteiger partial charge in [-0.15, -0.1) is 6.58 Å². The molecule has 0 aromatic carbocycles. The van der Waals surface area contributed by atoms with Crippen molar-refractivity contribution in [1.82, 2.24) is 15.5 Å². The van der Waals surface area contributed by atoms with Gasteiger partial charge in [0.25, 0.3) is 0 Å². The third-order valence-electron chi connectivity index (χ3n) is 6.14. The molecule has 0 radical (unpaired) electrons. The third-order valence-corrected chi connectivity index (χ3v) is 6.14. The highest BCUT2D eigenvalue weighted by Crippen LogP contribution is 2.45. The summed E-state index contributed by atoms with van der Waals surface area (Å²) in [6, 6.07) is -1.58. The van der Waals surface area contributed by atoms with Gasteiger partial charge in [-0.05, 0) is 51.9 Å². The molecular weight excluding hydrogens is 410 g/mol. The number of Topliss-reactive ketones (excluding diaryl/α,β-unsaturated/α-hetero) is 1. The second-order valence-electron chi connectivity index (χ2n) is 11.4. The molecule has 0 unspecified atom stereocenters. The molecule has 2 rings (SSSR count). The van der Waals surface area contributed by atoms with Crippen LogP contribution in [0.25, 0.3) is 0 Å². The van der Waals surface area contributed by atoms with Gasteiger partial charge in [0.15, 0.2) is 5.78 Å². The SMILES string of the molecule is C=C[C@@H]1C[C@]1(NC(=O)[C@@H]1C[C@@H](C)CN1C(=O)[C@@H](NC(=O)OC(C)(C)C)C(C)(C)C)C(C)=O. The number of likely N-dealkylation sites (tertiary alicyclic amines) is 1. The predicted octanol–water partition coefficient (Wildman–Crippen LogP) is 2.81. The molecule has 2 fully saturated rings. The minimum atomic E-state index is -0.919.